The lowest BCUT2D eigenvalue weighted by Gasteiger charge is -2.38. The molecule has 1 aliphatic rings. The van der Waals surface area contributed by atoms with Gasteiger partial charge in [-0.05, 0) is 6.92 Å². The SMILES string of the molecule is CO[C@@H]1[C@H](O)[C@H](C)O[C@@H](O)[C@H]1O. The molecule has 0 aliphatic carbocycles. The fourth-order valence-corrected chi connectivity index (χ4v) is 1.29. The highest BCUT2D eigenvalue weighted by Gasteiger charge is 2.42. The van der Waals surface area contributed by atoms with E-state index in [9.17, 15) is 10.2 Å². The molecule has 1 rings (SSSR count). The molecule has 0 spiro atoms. The summed E-state index contributed by atoms with van der Waals surface area (Å²) in [4.78, 5) is 0. The van der Waals surface area contributed by atoms with E-state index in [1.807, 2.05) is 0 Å². The highest BCUT2D eigenvalue weighted by atomic mass is 16.6. The van der Waals surface area contributed by atoms with Gasteiger partial charge in [0.25, 0.3) is 0 Å². The van der Waals surface area contributed by atoms with Gasteiger partial charge in [0.05, 0.1) is 6.10 Å². The zero-order chi connectivity index (χ0) is 9.30. The molecule has 0 radical (unpaired) electrons. The lowest BCUT2D eigenvalue weighted by molar-refractivity contribution is -0.282. The van der Waals surface area contributed by atoms with Crippen LogP contribution >= 0.6 is 0 Å². The lowest BCUT2D eigenvalue weighted by atomic mass is 10.00. The first-order valence-corrected chi connectivity index (χ1v) is 3.80. The molecule has 0 aromatic rings. The smallest absolute Gasteiger partial charge is 0.183 e. The van der Waals surface area contributed by atoms with E-state index in [0.717, 1.165) is 0 Å². The first-order chi connectivity index (χ1) is 5.57. The van der Waals surface area contributed by atoms with Crippen LogP contribution in [0.4, 0.5) is 0 Å². The van der Waals surface area contributed by atoms with Gasteiger partial charge >= 0.3 is 0 Å². The predicted octanol–water partition coefficient (Wildman–Crippen LogP) is -1.54. The quantitative estimate of drug-likeness (QED) is 0.453. The molecular weight excluding hydrogens is 164 g/mol. The van der Waals surface area contributed by atoms with Gasteiger partial charge in [0.2, 0.25) is 0 Å². The van der Waals surface area contributed by atoms with Crippen LogP contribution in [-0.2, 0) is 9.47 Å². The molecule has 0 aromatic heterocycles. The number of aliphatic hydroxyl groups is 3. The minimum atomic E-state index is -1.28. The van der Waals surface area contributed by atoms with E-state index in [-0.39, 0.29) is 0 Å². The maximum absolute atomic E-state index is 9.40. The topological polar surface area (TPSA) is 79.2 Å². The van der Waals surface area contributed by atoms with E-state index in [0.29, 0.717) is 0 Å². The van der Waals surface area contributed by atoms with E-state index in [1.165, 1.54) is 7.11 Å². The Hall–Kier alpha value is -0.200. The molecule has 3 N–H and O–H groups in total. The van der Waals surface area contributed by atoms with Gasteiger partial charge in [0, 0.05) is 7.11 Å². The van der Waals surface area contributed by atoms with Crippen LogP contribution in [0.15, 0.2) is 0 Å². The lowest BCUT2D eigenvalue weighted by Crippen LogP contribution is -2.57. The normalized spacial score (nSPS) is 49.2. The molecule has 12 heavy (non-hydrogen) atoms. The third-order valence-corrected chi connectivity index (χ3v) is 2.07. The van der Waals surface area contributed by atoms with Crippen molar-refractivity contribution in [2.24, 2.45) is 0 Å². The van der Waals surface area contributed by atoms with E-state index >= 15 is 0 Å². The number of hydrogen-bond acceptors (Lipinski definition) is 5. The number of aliphatic hydroxyl groups excluding tert-OH is 3. The fraction of sp³-hybridized carbons (Fsp3) is 1.00. The van der Waals surface area contributed by atoms with Crippen molar-refractivity contribution in [1.82, 2.24) is 0 Å². The van der Waals surface area contributed by atoms with Crippen molar-refractivity contribution in [2.45, 2.75) is 37.6 Å². The monoisotopic (exact) mass is 178 g/mol. The summed E-state index contributed by atoms with van der Waals surface area (Å²) in [5.74, 6) is 0. The van der Waals surface area contributed by atoms with Crippen molar-refractivity contribution in [3.63, 3.8) is 0 Å². The van der Waals surface area contributed by atoms with E-state index in [1.54, 1.807) is 6.92 Å². The van der Waals surface area contributed by atoms with Crippen LogP contribution in [0, 0.1) is 0 Å². The van der Waals surface area contributed by atoms with Gasteiger partial charge in [0.15, 0.2) is 6.29 Å². The minimum Gasteiger partial charge on any atom is -0.388 e. The van der Waals surface area contributed by atoms with Crippen LogP contribution in [0.1, 0.15) is 6.92 Å². The molecule has 72 valence electrons. The molecular formula is C7H14O5. The molecule has 1 aliphatic heterocycles. The summed E-state index contributed by atoms with van der Waals surface area (Å²) >= 11 is 0. The Kier molecular flexibility index (Phi) is 3.03. The van der Waals surface area contributed by atoms with Gasteiger partial charge in [0.1, 0.15) is 18.3 Å². The Labute approximate surface area is 70.5 Å². The minimum absolute atomic E-state index is 0.534. The third kappa shape index (κ3) is 1.60. The second-order valence-corrected chi connectivity index (χ2v) is 2.91. The summed E-state index contributed by atoms with van der Waals surface area (Å²) in [6.45, 7) is 1.60. The highest BCUT2D eigenvalue weighted by Crippen LogP contribution is 2.21. The van der Waals surface area contributed by atoms with Crippen molar-refractivity contribution in [3.8, 4) is 0 Å². The Balaban J connectivity index is 2.67. The summed E-state index contributed by atoms with van der Waals surface area (Å²) in [6, 6.07) is 0. The average Bonchev–Trinajstić information content (AvgIpc) is 2.02. The Morgan fingerprint density at radius 1 is 1.17 bits per heavy atom. The van der Waals surface area contributed by atoms with Gasteiger partial charge in [-0.2, -0.15) is 0 Å². The molecule has 0 bridgehead atoms. The largest absolute Gasteiger partial charge is 0.388 e. The summed E-state index contributed by atoms with van der Waals surface area (Å²) < 4.78 is 9.63. The summed E-state index contributed by atoms with van der Waals surface area (Å²) in [7, 11) is 1.36. The van der Waals surface area contributed by atoms with Crippen molar-refractivity contribution >= 4 is 0 Å². The maximum Gasteiger partial charge on any atom is 0.183 e. The van der Waals surface area contributed by atoms with Crippen molar-refractivity contribution in [3.05, 3.63) is 0 Å². The number of hydrogen-bond donors (Lipinski definition) is 3. The van der Waals surface area contributed by atoms with Gasteiger partial charge in [-0.25, -0.2) is 0 Å². The summed E-state index contributed by atoms with van der Waals surface area (Å²) in [5, 5.41) is 27.8. The van der Waals surface area contributed by atoms with E-state index < -0.39 is 30.7 Å². The molecule has 0 amide bonds. The molecule has 0 saturated carbocycles. The molecule has 5 nitrogen and oxygen atoms in total. The van der Waals surface area contributed by atoms with Crippen LogP contribution in [0.2, 0.25) is 0 Å². The van der Waals surface area contributed by atoms with Crippen LogP contribution in [0.3, 0.4) is 0 Å². The standard InChI is InChI=1S/C7H14O5/c1-3-4(8)6(11-2)5(9)7(10)12-3/h3-10H,1-2H3/t3-,4+,5-,6+,7+/m0/s1. The van der Waals surface area contributed by atoms with E-state index in [2.05, 4.69) is 0 Å². The van der Waals surface area contributed by atoms with Gasteiger partial charge < -0.3 is 24.8 Å². The number of rotatable bonds is 1. The molecule has 0 unspecified atom stereocenters. The first kappa shape index (κ1) is 9.88. The number of methoxy groups -OCH3 is 1. The first-order valence-electron chi connectivity index (χ1n) is 3.80. The third-order valence-electron chi connectivity index (χ3n) is 2.07. The van der Waals surface area contributed by atoms with Gasteiger partial charge in [-0.3, -0.25) is 0 Å². The molecule has 5 heteroatoms. The van der Waals surface area contributed by atoms with E-state index in [4.69, 9.17) is 14.6 Å². The Morgan fingerprint density at radius 2 is 1.75 bits per heavy atom. The second kappa shape index (κ2) is 3.68. The Bertz CT molecular complexity index is 137. The summed E-state index contributed by atoms with van der Waals surface area (Å²) in [6.07, 6.45) is -4.71. The zero-order valence-corrected chi connectivity index (χ0v) is 7.04. The van der Waals surface area contributed by atoms with Crippen LogP contribution in [0.5, 0.6) is 0 Å². The van der Waals surface area contributed by atoms with Crippen LogP contribution < -0.4 is 0 Å². The highest BCUT2D eigenvalue weighted by molar-refractivity contribution is 4.87. The maximum atomic E-state index is 9.40. The van der Waals surface area contributed by atoms with Crippen molar-refractivity contribution in [2.75, 3.05) is 7.11 Å². The predicted molar refractivity (Wildman–Crippen MR) is 39.4 cm³/mol. The molecule has 1 saturated heterocycles. The second-order valence-electron chi connectivity index (χ2n) is 2.91. The van der Waals surface area contributed by atoms with Crippen LogP contribution in [0.25, 0.3) is 0 Å². The van der Waals surface area contributed by atoms with Crippen molar-refractivity contribution < 1.29 is 24.8 Å². The molecule has 1 fully saturated rings. The van der Waals surface area contributed by atoms with Gasteiger partial charge in [-0.1, -0.05) is 0 Å². The van der Waals surface area contributed by atoms with Crippen LogP contribution in [-0.4, -0.2) is 53.1 Å². The molecule has 1 heterocycles. The average molecular weight is 178 g/mol. The zero-order valence-electron chi connectivity index (χ0n) is 7.04. The molecule has 5 atom stereocenters. The number of ether oxygens (including phenoxy) is 2. The Morgan fingerprint density at radius 3 is 2.25 bits per heavy atom. The fourth-order valence-electron chi connectivity index (χ4n) is 1.29. The summed E-state index contributed by atoms with van der Waals surface area (Å²) in [5.41, 5.74) is 0. The molecule has 0 aromatic carbocycles. The van der Waals surface area contributed by atoms with Gasteiger partial charge in [-0.15, -0.1) is 0 Å². The van der Waals surface area contributed by atoms with Crippen molar-refractivity contribution in [1.29, 1.82) is 0 Å².